The average molecular weight is 286 g/mol. The number of benzene rings is 1. The third-order valence-electron chi connectivity index (χ3n) is 4.48. The molecule has 4 heteroatoms. The first-order valence-corrected chi connectivity index (χ1v) is 7.61. The van der Waals surface area contributed by atoms with E-state index in [1.807, 2.05) is 7.05 Å². The van der Waals surface area contributed by atoms with Crippen LogP contribution < -0.4 is 5.73 Å². The van der Waals surface area contributed by atoms with Gasteiger partial charge in [-0.15, -0.1) is 0 Å². The summed E-state index contributed by atoms with van der Waals surface area (Å²) in [6, 6.07) is 6.61. The van der Waals surface area contributed by atoms with E-state index in [1.165, 1.54) is 29.3 Å². The van der Waals surface area contributed by atoms with Crippen molar-refractivity contribution in [2.24, 2.45) is 18.7 Å². The third kappa shape index (κ3) is 2.81. The Labute approximate surface area is 124 Å². The molecule has 0 saturated heterocycles. The number of carboxylic acid groups (broad SMARTS) is 1. The van der Waals surface area contributed by atoms with E-state index in [4.69, 9.17) is 5.73 Å². The van der Waals surface area contributed by atoms with Gasteiger partial charge in [0.1, 0.15) is 0 Å². The summed E-state index contributed by atoms with van der Waals surface area (Å²) < 4.78 is 2.11. The summed E-state index contributed by atoms with van der Waals surface area (Å²) in [4.78, 5) is 11.3. The summed E-state index contributed by atoms with van der Waals surface area (Å²) in [5.41, 5.74) is 9.25. The molecule has 1 aliphatic carbocycles. The molecule has 1 fully saturated rings. The van der Waals surface area contributed by atoms with E-state index < -0.39 is 11.9 Å². The van der Waals surface area contributed by atoms with Gasteiger partial charge in [0.05, 0.1) is 5.92 Å². The monoisotopic (exact) mass is 286 g/mol. The second-order valence-electron chi connectivity index (χ2n) is 6.13. The van der Waals surface area contributed by atoms with Crippen molar-refractivity contribution >= 4 is 16.9 Å². The highest BCUT2D eigenvalue weighted by molar-refractivity contribution is 5.85. The molecule has 0 bridgehead atoms. The van der Waals surface area contributed by atoms with E-state index in [-0.39, 0.29) is 0 Å². The fraction of sp³-hybridized carbons (Fsp3) is 0.471. The van der Waals surface area contributed by atoms with Crippen molar-refractivity contribution in [3.05, 3.63) is 35.5 Å². The van der Waals surface area contributed by atoms with Crippen LogP contribution in [0.2, 0.25) is 0 Å². The molecule has 1 saturated carbocycles. The Bertz CT molecular complexity index is 671. The van der Waals surface area contributed by atoms with Crippen molar-refractivity contribution < 1.29 is 9.90 Å². The first-order chi connectivity index (χ1) is 10.1. The molecule has 0 aliphatic heterocycles. The number of aliphatic carboxylic acids is 1. The molecule has 0 radical (unpaired) electrons. The van der Waals surface area contributed by atoms with Crippen molar-refractivity contribution in [2.45, 2.75) is 31.6 Å². The van der Waals surface area contributed by atoms with Gasteiger partial charge in [0.15, 0.2) is 0 Å². The first-order valence-electron chi connectivity index (χ1n) is 7.61. The van der Waals surface area contributed by atoms with E-state index in [0.717, 1.165) is 11.5 Å². The van der Waals surface area contributed by atoms with Gasteiger partial charge in [-0.25, -0.2) is 0 Å². The van der Waals surface area contributed by atoms with Gasteiger partial charge in [0, 0.05) is 24.1 Å². The molecule has 1 aromatic heterocycles. The third-order valence-corrected chi connectivity index (χ3v) is 4.48. The zero-order valence-corrected chi connectivity index (χ0v) is 12.4. The van der Waals surface area contributed by atoms with Gasteiger partial charge < -0.3 is 15.4 Å². The Hall–Kier alpha value is -1.81. The summed E-state index contributed by atoms with van der Waals surface area (Å²) in [7, 11) is 2.03. The lowest BCUT2D eigenvalue weighted by molar-refractivity contribution is -0.141. The van der Waals surface area contributed by atoms with Crippen LogP contribution in [0.5, 0.6) is 0 Å². The highest BCUT2D eigenvalue weighted by atomic mass is 16.4. The van der Waals surface area contributed by atoms with Crippen molar-refractivity contribution in [1.82, 2.24) is 4.57 Å². The summed E-state index contributed by atoms with van der Waals surface area (Å²) in [5.74, 6) is -0.424. The van der Waals surface area contributed by atoms with Gasteiger partial charge in [-0.05, 0) is 55.3 Å². The number of nitrogens with zero attached hydrogens (tertiary/aromatic N) is 1. The van der Waals surface area contributed by atoms with Crippen LogP contribution in [-0.2, 0) is 18.3 Å². The minimum atomic E-state index is -0.757. The molecule has 3 N–H and O–H groups in total. The maximum Gasteiger partial charge on any atom is 0.306 e. The molecule has 1 atom stereocenters. The molecule has 1 heterocycles. The lowest BCUT2D eigenvalue weighted by atomic mass is 9.95. The van der Waals surface area contributed by atoms with Crippen LogP contribution in [0.4, 0.5) is 0 Å². The van der Waals surface area contributed by atoms with Crippen LogP contribution in [0.1, 0.15) is 36.3 Å². The van der Waals surface area contributed by atoms with Gasteiger partial charge in [-0.1, -0.05) is 12.1 Å². The standard InChI is InChI=1S/C17H22N2O2/c1-19-10-14(8-13(6-7-18)17(20)21)15-5-4-12(9-16(15)19)11-2-3-11/h4-5,9-11,13H,2-3,6-8,18H2,1H3,(H,20,21). The molecule has 4 nitrogen and oxygen atoms in total. The van der Waals surface area contributed by atoms with Crippen LogP contribution in [0.25, 0.3) is 10.9 Å². The molecular formula is C17H22N2O2. The Morgan fingerprint density at radius 1 is 1.48 bits per heavy atom. The number of hydrogen-bond acceptors (Lipinski definition) is 2. The Morgan fingerprint density at radius 2 is 2.24 bits per heavy atom. The molecule has 2 aromatic rings. The molecule has 1 aromatic carbocycles. The summed E-state index contributed by atoms with van der Waals surface area (Å²) >= 11 is 0. The quantitative estimate of drug-likeness (QED) is 0.857. The molecule has 1 aliphatic rings. The molecular weight excluding hydrogens is 264 g/mol. The predicted molar refractivity (Wildman–Crippen MR) is 83.4 cm³/mol. The number of carbonyl (C=O) groups is 1. The van der Waals surface area contributed by atoms with E-state index in [0.29, 0.717) is 19.4 Å². The lowest BCUT2D eigenvalue weighted by Crippen LogP contribution is -2.20. The number of hydrogen-bond donors (Lipinski definition) is 2. The number of fused-ring (bicyclic) bond motifs is 1. The maximum absolute atomic E-state index is 11.3. The Balaban J connectivity index is 1.93. The van der Waals surface area contributed by atoms with E-state index in [9.17, 15) is 9.90 Å². The van der Waals surface area contributed by atoms with Crippen LogP contribution in [0, 0.1) is 5.92 Å². The first kappa shape index (κ1) is 14.1. The second kappa shape index (κ2) is 5.53. The van der Waals surface area contributed by atoms with Gasteiger partial charge in [0.25, 0.3) is 0 Å². The molecule has 21 heavy (non-hydrogen) atoms. The predicted octanol–water partition coefficient (Wildman–Crippen LogP) is 2.65. The minimum absolute atomic E-state index is 0.399. The average Bonchev–Trinajstić information content (AvgIpc) is 3.25. The Morgan fingerprint density at radius 3 is 2.86 bits per heavy atom. The second-order valence-corrected chi connectivity index (χ2v) is 6.13. The van der Waals surface area contributed by atoms with E-state index in [2.05, 4.69) is 29.0 Å². The topological polar surface area (TPSA) is 68.2 Å². The van der Waals surface area contributed by atoms with Crippen LogP contribution in [0.3, 0.4) is 0 Å². The molecule has 0 amide bonds. The van der Waals surface area contributed by atoms with Gasteiger partial charge in [0.2, 0.25) is 0 Å². The Kier molecular flexibility index (Phi) is 3.72. The fourth-order valence-electron chi connectivity index (χ4n) is 3.10. The van der Waals surface area contributed by atoms with Crippen molar-refractivity contribution in [1.29, 1.82) is 0 Å². The zero-order chi connectivity index (χ0) is 15.0. The molecule has 1 unspecified atom stereocenters. The van der Waals surface area contributed by atoms with Gasteiger partial charge >= 0.3 is 5.97 Å². The maximum atomic E-state index is 11.3. The molecule has 3 rings (SSSR count). The SMILES string of the molecule is Cn1cc(CC(CCN)C(=O)O)c2ccc(C3CC3)cc21. The largest absolute Gasteiger partial charge is 0.481 e. The van der Waals surface area contributed by atoms with Crippen LogP contribution >= 0.6 is 0 Å². The summed E-state index contributed by atoms with van der Waals surface area (Å²) in [5, 5.41) is 10.5. The highest BCUT2D eigenvalue weighted by Crippen LogP contribution is 2.41. The minimum Gasteiger partial charge on any atom is -0.481 e. The van der Waals surface area contributed by atoms with Crippen molar-refractivity contribution in [3.8, 4) is 0 Å². The van der Waals surface area contributed by atoms with Crippen LogP contribution in [0.15, 0.2) is 24.4 Å². The fourth-order valence-corrected chi connectivity index (χ4v) is 3.10. The number of aromatic nitrogens is 1. The molecule has 112 valence electrons. The number of rotatable bonds is 6. The number of carboxylic acids is 1. The highest BCUT2D eigenvalue weighted by Gasteiger charge is 2.24. The van der Waals surface area contributed by atoms with Gasteiger partial charge in [-0.2, -0.15) is 0 Å². The van der Waals surface area contributed by atoms with Crippen molar-refractivity contribution in [3.63, 3.8) is 0 Å². The van der Waals surface area contributed by atoms with Gasteiger partial charge in [-0.3, -0.25) is 4.79 Å². The normalized spacial score (nSPS) is 16.3. The van der Waals surface area contributed by atoms with Crippen LogP contribution in [-0.4, -0.2) is 22.2 Å². The summed E-state index contributed by atoms with van der Waals surface area (Å²) in [6.07, 6.45) is 5.72. The molecule has 0 spiro atoms. The lowest BCUT2D eigenvalue weighted by Gasteiger charge is -2.10. The number of aryl methyl sites for hydroxylation is 1. The van der Waals surface area contributed by atoms with E-state index in [1.54, 1.807) is 0 Å². The zero-order valence-electron chi connectivity index (χ0n) is 12.4. The van der Waals surface area contributed by atoms with Crippen molar-refractivity contribution in [2.75, 3.05) is 6.54 Å². The smallest absolute Gasteiger partial charge is 0.306 e. The van der Waals surface area contributed by atoms with E-state index >= 15 is 0 Å². The number of nitrogens with two attached hydrogens (primary N) is 1. The summed E-state index contributed by atoms with van der Waals surface area (Å²) in [6.45, 7) is 0.410.